The monoisotopic (exact) mass is 419 g/mol. The van der Waals surface area contributed by atoms with Crippen LogP contribution in [0.1, 0.15) is 9.67 Å². The van der Waals surface area contributed by atoms with E-state index < -0.39 is 5.82 Å². The van der Waals surface area contributed by atoms with Gasteiger partial charge >= 0.3 is 0 Å². The molecule has 10 heteroatoms. The molecular formula is C19H22FN5O3S. The highest BCUT2D eigenvalue weighted by Gasteiger charge is 2.16. The zero-order chi connectivity index (χ0) is 20.8. The molecular weight excluding hydrogens is 397 g/mol. The standard InChI is InChI=1S/C19H22FN5O3S/c1-25(7-8-27-2)6-5-22-18(26)16-10-14-17(29-16)19(24-11-23-14)28-15-4-3-12(21)9-13(15)20/h3-4,9-11H,5-8,21H2,1-2H3,(H,22,26). The quantitative estimate of drug-likeness (QED) is 0.514. The largest absolute Gasteiger partial charge is 0.434 e. The summed E-state index contributed by atoms with van der Waals surface area (Å²) in [5.74, 6) is -0.624. The highest BCUT2D eigenvalue weighted by Crippen LogP contribution is 2.34. The molecule has 0 unspecified atom stereocenters. The molecule has 0 spiro atoms. The fourth-order valence-corrected chi connectivity index (χ4v) is 3.48. The third kappa shape index (κ3) is 5.37. The van der Waals surface area contributed by atoms with Crippen molar-refractivity contribution in [2.75, 3.05) is 46.1 Å². The summed E-state index contributed by atoms with van der Waals surface area (Å²) in [6, 6.07) is 5.80. The third-order valence-corrected chi connectivity index (χ3v) is 5.23. The van der Waals surface area contributed by atoms with Gasteiger partial charge in [-0.2, -0.15) is 0 Å². The molecule has 1 amide bonds. The maximum absolute atomic E-state index is 14.0. The number of nitrogen functional groups attached to an aromatic ring is 1. The van der Waals surface area contributed by atoms with Gasteiger partial charge in [-0.3, -0.25) is 4.79 Å². The number of rotatable bonds is 9. The van der Waals surface area contributed by atoms with Crippen molar-refractivity contribution in [1.29, 1.82) is 0 Å². The van der Waals surface area contributed by atoms with Gasteiger partial charge in [0.05, 0.1) is 17.0 Å². The molecule has 0 saturated heterocycles. The SMILES string of the molecule is COCCN(C)CCNC(=O)c1cc2ncnc(Oc3ccc(N)cc3F)c2s1. The Bertz CT molecular complexity index is 997. The number of fused-ring (bicyclic) bond motifs is 1. The molecule has 0 saturated carbocycles. The smallest absolute Gasteiger partial charge is 0.261 e. The number of amides is 1. The van der Waals surface area contributed by atoms with Gasteiger partial charge in [0.25, 0.3) is 5.91 Å². The second-order valence-electron chi connectivity index (χ2n) is 6.35. The van der Waals surface area contributed by atoms with Crippen LogP contribution in [0, 0.1) is 5.82 Å². The second kappa shape index (κ2) is 9.59. The Kier molecular flexibility index (Phi) is 6.91. The van der Waals surface area contributed by atoms with Crippen molar-refractivity contribution in [1.82, 2.24) is 20.2 Å². The topological polar surface area (TPSA) is 103 Å². The van der Waals surface area contributed by atoms with E-state index in [2.05, 4.69) is 20.2 Å². The molecule has 154 valence electrons. The number of thiophene rings is 1. The van der Waals surface area contributed by atoms with Crippen molar-refractivity contribution in [3.8, 4) is 11.6 Å². The highest BCUT2D eigenvalue weighted by atomic mass is 32.1. The average Bonchev–Trinajstić information content (AvgIpc) is 3.14. The number of aromatic nitrogens is 2. The number of likely N-dealkylation sites (N-methyl/N-ethyl adjacent to an activating group) is 1. The lowest BCUT2D eigenvalue weighted by Gasteiger charge is -2.15. The molecule has 1 aromatic carbocycles. The molecule has 0 bridgehead atoms. The molecule has 8 nitrogen and oxygen atoms in total. The molecule has 2 heterocycles. The number of nitrogens with zero attached hydrogens (tertiary/aromatic N) is 3. The molecule has 3 aromatic rings. The summed E-state index contributed by atoms with van der Waals surface area (Å²) >= 11 is 1.19. The Balaban J connectivity index is 1.70. The van der Waals surface area contributed by atoms with Gasteiger partial charge in [-0.15, -0.1) is 11.3 Å². The van der Waals surface area contributed by atoms with Crippen LogP contribution in [0.25, 0.3) is 10.2 Å². The fourth-order valence-electron chi connectivity index (χ4n) is 2.53. The van der Waals surface area contributed by atoms with E-state index in [1.54, 1.807) is 13.2 Å². The van der Waals surface area contributed by atoms with Gasteiger partial charge < -0.3 is 25.4 Å². The number of hydrogen-bond acceptors (Lipinski definition) is 8. The van der Waals surface area contributed by atoms with Gasteiger partial charge in [0.15, 0.2) is 11.6 Å². The van der Waals surface area contributed by atoms with Crippen LogP contribution in [0.2, 0.25) is 0 Å². The van der Waals surface area contributed by atoms with Crippen molar-refractivity contribution >= 4 is 33.1 Å². The second-order valence-corrected chi connectivity index (χ2v) is 7.40. The molecule has 29 heavy (non-hydrogen) atoms. The summed E-state index contributed by atoms with van der Waals surface area (Å²) in [5, 5.41) is 2.88. The number of anilines is 1. The first kappa shape index (κ1) is 20.9. The molecule has 0 fully saturated rings. The van der Waals surface area contributed by atoms with Crippen LogP contribution in [0.3, 0.4) is 0 Å². The van der Waals surface area contributed by atoms with E-state index in [-0.39, 0.29) is 17.5 Å². The fraction of sp³-hybridized carbons (Fsp3) is 0.316. The Morgan fingerprint density at radius 3 is 2.90 bits per heavy atom. The molecule has 0 aliphatic rings. The maximum Gasteiger partial charge on any atom is 0.261 e. The Hall–Kier alpha value is -2.82. The molecule has 3 rings (SSSR count). The molecule has 0 aliphatic heterocycles. The highest BCUT2D eigenvalue weighted by molar-refractivity contribution is 7.21. The number of nitrogens with two attached hydrogens (primary N) is 1. The van der Waals surface area contributed by atoms with Crippen LogP contribution in [-0.4, -0.2) is 61.2 Å². The number of halogens is 1. The lowest BCUT2D eigenvalue weighted by Crippen LogP contribution is -2.34. The molecule has 3 N–H and O–H groups in total. The first-order chi connectivity index (χ1) is 14.0. The van der Waals surface area contributed by atoms with E-state index in [0.29, 0.717) is 40.5 Å². The van der Waals surface area contributed by atoms with Gasteiger partial charge in [-0.1, -0.05) is 0 Å². The van der Waals surface area contributed by atoms with E-state index in [4.69, 9.17) is 15.2 Å². The van der Waals surface area contributed by atoms with Gasteiger partial charge in [0.1, 0.15) is 11.0 Å². The van der Waals surface area contributed by atoms with E-state index in [0.717, 1.165) is 6.54 Å². The first-order valence-corrected chi connectivity index (χ1v) is 9.72. The number of carbonyl (C=O) groups excluding carboxylic acids is 1. The predicted molar refractivity (Wildman–Crippen MR) is 110 cm³/mol. The average molecular weight is 419 g/mol. The van der Waals surface area contributed by atoms with Crippen LogP contribution in [0.5, 0.6) is 11.6 Å². The zero-order valence-electron chi connectivity index (χ0n) is 16.1. The Morgan fingerprint density at radius 1 is 1.31 bits per heavy atom. The number of ether oxygens (including phenoxy) is 2. The normalized spacial score (nSPS) is 11.2. The molecule has 0 aliphatic carbocycles. The van der Waals surface area contributed by atoms with Crippen molar-refractivity contribution in [3.63, 3.8) is 0 Å². The van der Waals surface area contributed by atoms with Crippen molar-refractivity contribution in [2.45, 2.75) is 0 Å². The van der Waals surface area contributed by atoms with E-state index in [1.807, 2.05) is 7.05 Å². The van der Waals surface area contributed by atoms with Crippen molar-refractivity contribution in [3.05, 3.63) is 41.3 Å². The maximum atomic E-state index is 14.0. The molecule has 0 radical (unpaired) electrons. The van der Waals surface area contributed by atoms with Crippen LogP contribution in [0.4, 0.5) is 10.1 Å². The van der Waals surface area contributed by atoms with Crippen molar-refractivity contribution in [2.24, 2.45) is 0 Å². The third-order valence-electron chi connectivity index (χ3n) is 4.12. The van der Waals surface area contributed by atoms with Crippen LogP contribution in [-0.2, 0) is 4.74 Å². The summed E-state index contributed by atoms with van der Waals surface area (Å²) in [6.07, 6.45) is 1.31. The van der Waals surface area contributed by atoms with E-state index >= 15 is 0 Å². The summed E-state index contributed by atoms with van der Waals surface area (Å²) < 4.78 is 25.2. The summed E-state index contributed by atoms with van der Waals surface area (Å²) in [4.78, 5) is 23.3. The number of carbonyl (C=O) groups is 1. The van der Waals surface area contributed by atoms with E-state index in [1.165, 1.54) is 35.9 Å². The number of methoxy groups -OCH3 is 1. The first-order valence-electron chi connectivity index (χ1n) is 8.91. The summed E-state index contributed by atoms with van der Waals surface area (Å²) in [6.45, 7) is 2.62. The summed E-state index contributed by atoms with van der Waals surface area (Å²) in [5.41, 5.74) is 6.41. The van der Waals surface area contributed by atoms with Gasteiger partial charge in [0, 0.05) is 38.5 Å². The van der Waals surface area contributed by atoms with Crippen molar-refractivity contribution < 1.29 is 18.7 Å². The minimum atomic E-state index is -0.594. The Labute approximate surface area is 171 Å². The lowest BCUT2D eigenvalue weighted by atomic mass is 10.3. The Morgan fingerprint density at radius 2 is 2.14 bits per heavy atom. The number of benzene rings is 1. The summed E-state index contributed by atoms with van der Waals surface area (Å²) in [7, 11) is 3.61. The van der Waals surface area contributed by atoms with E-state index in [9.17, 15) is 9.18 Å². The van der Waals surface area contributed by atoms with Crippen LogP contribution >= 0.6 is 11.3 Å². The van der Waals surface area contributed by atoms with Gasteiger partial charge in [0.2, 0.25) is 5.88 Å². The minimum Gasteiger partial charge on any atom is -0.434 e. The zero-order valence-corrected chi connectivity index (χ0v) is 17.0. The number of hydrogen-bond donors (Lipinski definition) is 2. The number of nitrogens with one attached hydrogen (secondary N) is 1. The van der Waals surface area contributed by atoms with Gasteiger partial charge in [-0.25, -0.2) is 14.4 Å². The lowest BCUT2D eigenvalue weighted by molar-refractivity contribution is 0.0951. The van der Waals surface area contributed by atoms with Crippen LogP contribution in [0.15, 0.2) is 30.6 Å². The van der Waals surface area contributed by atoms with Crippen LogP contribution < -0.4 is 15.8 Å². The predicted octanol–water partition coefficient (Wildman–Crippen LogP) is 2.51. The molecule has 2 aromatic heterocycles. The minimum absolute atomic E-state index is 0.00213. The van der Waals surface area contributed by atoms with Gasteiger partial charge in [-0.05, 0) is 25.2 Å². The molecule has 0 atom stereocenters.